The van der Waals surface area contributed by atoms with E-state index in [0.717, 1.165) is 12.2 Å². The molecule has 0 bridgehead atoms. The predicted octanol–water partition coefficient (Wildman–Crippen LogP) is 0.893. The van der Waals surface area contributed by atoms with Gasteiger partial charge in [0.15, 0.2) is 5.78 Å². The van der Waals surface area contributed by atoms with E-state index in [4.69, 9.17) is 4.74 Å². The Morgan fingerprint density at radius 1 is 1.19 bits per heavy atom. The average molecular weight is 292 g/mol. The Morgan fingerprint density at radius 2 is 1.86 bits per heavy atom. The van der Waals surface area contributed by atoms with E-state index in [-0.39, 0.29) is 13.0 Å². The number of aliphatic hydroxyl groups is 1. The van der Waals surface area contributed by atoms with Crippen LogP contribution in [-0.2, 0) is 19.1 Å². The largest absolute Gasteiger partial charge is 0.466 e. The number of benzene rings is 1. The molecule has 1 aromatic carbocycles. The SMILES string of the molecule is COC(=O)C=CC(=O)C[C@H](O)COC(=O)c1ccccc1. The summed E-state index contributed by atoms with van der Waals surface area (Å²) in [6.45, 7) is -0.300. The van der Waals surface area contributed by atoms with Crippen LogP contribution >= 0.6 is 0 Å². The van der Waals surface area contributed by atoms with Gasteiger partial charge in [-0.15, -0.1) is 0 Å². The van der Waals surface area contributed by atoms with E-state index in [9.17, 15) is 19.5 Å². The number of esters is 2. The molecule has 0 fully saturated rings. The number of hydrogen-bond donors (Lipinski definition) is 1. The maximum absolute atomic E-state index is 11.6. The minimum absolute atomic E-state index is 0.254. The maximum Gasteiger partial charge on any atom is 0.338 e. The summed E-state index contributed by atoms with van der Waals surface area (Å²) < 4.78 is 9.20. The summed E-state index contributed by atoms with van der Waals surface area (Å²) in [5, 5.41) is 9.59. The first-order valence-corrected chi connectivity index (χ1v) is 6.22. The van der Waals surface area contributed by atoms with Gasteiger partial charge in [0.2, 0.25) is 0 Å². The Hall–Kier alpha value is -2.47. The number of allylic oxidation sites excluding steroid dienone is 1. The minimum atomic E-state index is -1.13. The highest BCUT2D eigenvalue weighted by atomic mass is 16.5. The fraction of sp³-hybridized carbons (Fsp3) is 0.267. The molecule has 21 heavy (non-hydrogen) atoms. The molecule has 1 atom stereocenters. The Morgan fingerprint density at radius 3 is 2.48 bits per heavy atom. The first-order valence-electron chi connectivity index (χ1n) is 6.22. The van der Waals surface area contributed by atoms with Gasteiger partial charge in [0.1, 0.15) is 6.61 Å². The molecule has 0 aliphatic rings. The van der Waals surface area contributed by atoms with Gasteiger partial charge in [0.25, 0.3) is 0 Å². The molecule has 0 amide bonds. The van der Waals surface area contributed by atoms with Crippen LogP contribution in [0.5, 0.6) is 0 Å². The van der Waals surface area contributed by atoms with Crippen LogP contribution in [0.15, 0.2) is 42.5 Å². The molecule has 0 radical (unpaired) electrons. The van der Waals surface area contributed by atoms with Crippen molar-refractivity contribution in [2.45, 2.75) is 12.5 Å². The number of carbonyl (C=O) groups excluding carboxylic acids is 3. The molecular formula is C15H16O6. The summed E-state index contributed by atoms with van der Waals surface area (Å²) in [5.74, 6) is -1.70. The molecule has 1 N–H and O–H groups in total. The zero-order chi connectivity index (χ0) is 15.7. The zero-order valence-electron chi connectivity index (χ0n) is 11.5. The molecule has 112 valence electrons. The first-order chi connectivity index (χ1) is 10.0. The van der Waals surface area contributed by atoms with E-state index < -0.39 is 23.8 Å². The zero-order valence-corrected chi connectivity index (χ0v) is 11.5. The molecule has 0 aromatic heterocycles. The Bertz CT molecular complexity index is 520. The van der Waals surface area contributed by atoms with E-state index in [1.165, 1.54) is 7.11 Å². The number of methoxy groups -OCH3 is 1. The highest BCUT2D eigenvalue weighted by Crippen LogP contribution is 2.03. The van der Waals surface area contributed by atoms with Crippen LogP contribution in [0.1, 0.15) is 16.8 Å². The summed E-state index contributed by atoms with van der Waals surface area (Å²) in [5.41, 5.74) is 0.363. The van der Waals surface area contributed by atoms with Crippen molar-refractivity contribution in [1.82, 2.24) is 0 Å². The van der Waals surface area contributed by atoms with Crippen LogP contribution in [0, 0.1) is 0 Å². The highest BCUT2D eigenvalue weighted by Gasteiger charge is 2.13. The van der Waals surface area contributed by atoms with E-state index in [0.29, 0.717) is 5.56 Å². The normalized spacial score (nSPS) is 11.9. The molecule has 1 aromatic rings. The molecular weight excluding hydrogens is 276 g/mol. The van der Waals surface area contributed by atoms with Gasteiger partial charge in [0.05, 0.1) is 18.8 Å². The first kappa shape index (κ1) is 16.6. The van der Waals surface area contributed by atoms with Crippen molar-refractivity contribution in [3.63, 3.8) is 0 Å². The van der Waals surface area contributed by atoms with E-state index in [1.54, 1.807) is 30.3 Å². The van der Waals surface area contributed by atoms with Crippen molar-refractivity contribution < 1.29 is 29.0 Å². The third kappa shape index (κ3) is 6.49. The number of ether oxygens (including phenoxy) is 2. The average Bonchev–Trinajstić information content (AvgIpc) is 2.51. The summed E-state index contributed by atoms with van der Waals surface area (Å²) in [7, 11) is 1.19. The van der Waals surface area contributed by atoms with Gasteiger partial charge in [0, 0.05) is 12.5 Å². The molecule has 0 unspecified atom stereocenters. The lowest BCUT2D eigenvalue weighted by atomic mass is 10.2. The van der Waals surface area contributed by atoms with Crippen molar-refractivity contribution in [2.24, 2.45) is 0 Å². The summed E-state index contributed by atoms with van der Waals surface area (Å²) in [6, 6.07) is 8.30. The topological polar surface area (TPSA) is 89.9 Å². The van der Waals surface area contributed by atoms with Crippen molar-refractivity contribution >= 4 is 17.7 Å². The molecule has 6 heteroatoms. The van der Waals surface area contributed by atoms with E-state index in [1.807, 2.05) is 0 Å². The Kier molecular flexibility index (Phi) is 6.83. The van der Waals surface area contributed by atoms with Gasteiger partial charge in [-0.1, -0.05) is 18.2 Å². The quantitative estimate of drug-likeness (QED) is 0.593. The van der Waals surface area contributed by atoms with Gasteiger partial charge >= 0.3 is 11.9 Å². The predicted molar refractivity (Wildman–Crippen MR) is 73.5 cm³/mol. The molecule has 6 nitrogen and oxygen atoms in total. The second kappa shape index (κ2) is 8.65. The summed E-state index contributed by atoms with van der Waals surface area (Å²) in [6.07, 6.45) is 0.585. The monoisotopic (exact) mass is 292 g/mol. The molecule has 0 spiro atoms. The number of hydrogen-bond acceptors (Lipinski definition) is 6. The minimum Gasteiger partial charge on any atom is -0.466 e. The third-order valence-electron chi connectivity index (χ3n) is 2.46. The lowest BCUT2D eigenvalue weighted by Crippen LogP contribution is -2.21. The number of aliphatic hydroxyl groups excluding tert-OH is 1. The van der Waals surface area contributed by atoms with E-state index >= 15 is 0 Å². The van der Waals surface area contributed by atoms with E-state index in [2.05, 4.69) is 4.74 Å². The van der Waals surface area contributed by atoms with Gasteiger partial charge in [-0.05, 0) is 18.2 Å². The lowest BCUT2D eigenvalue weighted by Gasteiger charge is -2.09. The molecule has 0 aliphatic carbocycles. The van der Waals surface area contributed by atoms with Crippen molar-refractivity contribution in [3.05, 3.63) is 48.0 Å². The fourth-order valence-corrected chi connectivity index (χ4v) is 1.42. The van der Waals surface area contributed by atoms with Crippen LogP contribution in [0.25, 0.3) is 0 Å². The summed E-state index contributed by atoms with van der Waals surface area (Å²) >= 11 is 0. The van der Waals surface area contributed by atoms with Crippen LogP contribution < -0.4 is 0 Å². The maximum atomic E-state index is 11.6. The fourth-order valence-electron chi connectivity index (χ4n) is 1.42. The van der Waals surface area contributed by atoms with Crippen LogP contribution in [0.3, 0.4) is 0 Å². The second-order valence-corrected chi connectivity index (χ2v) is 4.15. The van der Waals surface area contributed by atoms with Crippen LogP contribution in [-0.4, -0.2) is 42.6 Å². The number of ketones is 1. The molecule has 0 saturated heterocycles. The standard InChI is InChI=1S/C15H16O6/c1-20-14(18)8-7-12(16)9-13(17)10-21-15(19)11-5-3-2-4-6-11/h2-8,13,17H,9-10H2,1H3/t13-/m0/s1. The third-order valence-corrected chi connectivity index (χ3v) is 2.46. The van der Waals surface area contributed by atoms with Gasteiger partial charge in [-0.3, -0.25) is 4.79 Å². The Labute approximate surface area is 122 Å². The van der Waals surface area contributed by atoms with Gasteiger partial charge in [-0.25, -0.2) is 9.59 Å². The van der Waals surface area contributed by atoms with Crippen molar-refractivity contribution in [2.75, 3.05) is 13.7 Å². The molecule has 1 rings (SSSR count). The van der Waals surface area contributed by atoms with Gasteiger partial charge in [-0.2, -0.15) is 0 Å². The molecule has 0 heterocycles. The highest BCUT2D eigenvalue weighted by molar-refractivity contribution is 5.96. The smallest absolute Gasteiger partial charge is 0.338 e. The van der Waals surface area contributed by atoms with Crippen LogP contribution in [0.2, 0.25) is 0 Å². The van der Waals surface area contributed by atoms with Crippen LogP contribution in [0.4, 0.5) is 0 Å². The number of rotatable bonds is 7. The summed E-state index contributed by atoms with van der Waals surface area (Å²) in [4.78, 5) is 33.8. The molecule has 0 aliphatic heterocycles. The van der Waals surface area contributed by atoms with Gasteiger partial charge < -0.3 is 14.6 Å². The lowest BCUT2D eigenvalue weighted by molar-refractivity contribution is -0.135. The Balaban J connectivity index is 2.35. The second-order valence-electron chi connectivity index (χ2n) is 4.15. The van der Waals surface area contributed by atoms with Crippen molar-refractivity contribution in [3.8, 4) is 0 Å². The molecule has 0 saturated carbocycles. The number of carbonyl (C=O) groups is 3. The van der Waals surface area contributed by atoms with Crippen molar-refractivity contribution in [1.29, 1.82) is 0 Å².